The van der Waals surface area contributed by atoms with Crippen LogP contribution in [0.15, 0.2) is 0 Å². The first-order valence-electron chi connectivity index (χ1n) is 13.3. The molecule has 0 unspecified atom stereocenters. The molecule has 8 nitrogen and oxygen atoms in total. The number of unbranched alkanes of at least 4 members (excludes halogenated alkanes) is 15. The van der Waals surface area contributed by atoms with Crippen LogP contribution in [-0.4, -0.2) is 85.1 Å². The molecule has 11 heteroatoms. The zero-order valence-corrected chi connectivity index (χ0v) is 27.7. The number of nitrogens with zero attached hydrogens (tertiary/aromatic N) is 2. The first-order valence-corrected chi connectivity index (χ1v) is 16.6. The van der Waals surface area contributed by atoms with Crippen LogP contribution in [0.5, 0.6) is 0 Å². The third-order valence-corrected chi connectivity index (χ3v) is 8.46. The quantitative estimate of drug-likeness (QED) is 0.173. The van der Waals surface area contributed by atoms with Crippen molar-refractivity contribution in [1.82, 2.24) is 14.8 Å². The summed E-state index contributed by atoms with van der Waals surface area (Å²) in [6.07, 6.45) is 21.2. The van der Waals surface area contributed by atoms with Crippen molar-refractivity contribution in [2.45, 2.75) is 110 Å². The number of nitrogens with one attached hydrogen (secondary N) is 1. The summed E-state index contributed by atoms with van der Waals surface area (Å²) in [5.41, 5.74) is 0. The standard InChI is InChI=1S/C22H46N2O.CH9NO4Si3/c1-5-6-7-8-9-10-11-12-13-14-15-16-17-18-19-20-21-24(4)22(25)23(2)3;3-1(4)2-8-6-9-5-7/h5-21H2,1-4H3;2H,8-9H2,7H3,(H,3,4). The van der Waals surface area contributed by atoms with Crippen LogP contribution in [-0.2, 0) is 8.23 Å². The van der Waals surface area contributed by atoms with Gasteiger partial charge in [-0.05, 0) is 6.42 Å². The zero-order chi connectivity index (χ0) is 25.9. The third kappa shape index (κ3) is 29.1. The molecule has 204 valence electrons. The van der Waals surface area contributed by atoms with Gasteiger partial charge in [-0.25, -0.2) is 9.59 Å². The zero-order valence-electron chi connectivity index (χ0n) is 22.9. The average Bonchev–Trinajstić information content (AvgIpc) is 2.81. The SMILES string of the molecule is CCCCCCCCCCCCCCCCCCN(C)C(=O)N(C)C.O=C(O)N[SiH2]O[SiH2]O[SiH3]. The van der Waals surface area contributed by atoms with Gasteiger partial charge in [0.25, 0.3) is 19.9 Å². The van der Waals surface area contributed by atoms with Gasteiger partial charge >= 0.3 is 12.1 Å². The van der Waals surface area contributed by atoms with Crippen LogP contribution in [0.3, 0.4) is 0 Å². The second kappa shape index (κ2) is 28.3. The van der Waals surface area contributed by atoms with E-state index in [-0.39, 0.29) is 6.03 Å². The van der Waals surface area contributed by atoms with E-state index in [9.17, 15) is 9.59 Å². The van der Waals surface area contributed by atoms with Gasteiger partial charge in [-0.15, -0.1) is 0 Å². The molecule has 3 amide bonds. The Hall–Kier alpha value is -0.889. The largest absolute Gasteiger partial charge is 0.466 e. The lowest BCUT2D eigenvalue weighted by molar-refractivity contribution is 0.181. The summed E-state index contributed by atoms with van der Waals surface area (Å²) in [6.45, 7) is 3.17. The number of carboxylic acid groups (broad SMARTS) is 1. The van der Waals surface area contributed by atoms with Crippen molar-refractivity contribution in [3.05, 3.63) is 0 Å². The Morgan fingerprint density at radius 1 is 0.794 bits per heavy atom. The molecule has 0 saturated heterocycles. The van der Waals surface area contributed by atoms with Crippen molar-refractivity contribution in [3.63, 3.8) is 0 Å². The van der Waals surface area contributed by atoms with E-state index in [0.29, 0.717) is 10.5 Å². The molecule has 0 aromatic carbocycles. The molecule has 0 radical (unpaired) electrons. The molecular formula is C23H55N3O5Si3. The summed E-state index contributed by atoms with van der Waals surface area (Å²) >= 11 is 0. The fraction of sp³-hybridized carbons (Fsp3) is 0.913. The topological polar surface area (TPSA) is 91.3 Å². The summed E-state index contributed by atoms with van der Waals surface area (Å²) in [4.78, 5) is 27.1. The molecule has 34 heavy (non-hydrogen) atoms. The molecule has 0 fully saturated rings. The van der Waals surface area contributed by atoms with E-state index in [1.165, 1.54) is 96.3 Å². The number of hydrogen-bond donors (Lipinski definition) is 2. The lowest BCUT2D eigenvalue weighted by atomic mass is 10.0. The lowest BCUT2D eigenvalue weighted by Gasteiger charge is -2.21. The number of rotatable bonds is 21. The van der Waals surface area contributed by atoms with Crippen molar-refractivity contribution in [2.75, 3.05) is 27.7 Å². The van der Waals surface area contributed by atoms with E-state index in [1.54, 1.807) is 4.90 Å². The lowest BCUT2D eigenvalue weighted by Crippen LogP contribution is -2.36. The van der Waals surface area contributed by atoms with Crippen LogP contribution in [0.25, 0.3) is 0 Å². The second-order valence-corrected chi connectivity index (χ2v) is 14.0. The first kappa shape index (κ1) is 35.3. The minimum atomic E-state index is -1.04. The fourth-order valence-corrected chi connectivity index (χ4v) is 6.60. The van der Waals surface area contributed by atoms with Crippen LogP contribution >= 0.6 is 0 Å². The second-order valence-electron chi connectivity index (χ2n) is 9.14. The maximum atomic E-state index is 11.7. The van der Waals surface area contributed by atoms with Gasteiger partial charge in [0.2, 0.25) is 0 Å². The molecule has 0 aliphatic carbocycles. The highest BCUT2D eigenvalue weighted by Gasteiger charge is 2.09. The monoisotopic (exact) mass is 537 g/mol. The summed E-state index contributed by atoms with van der Waals surface area (Å²) < 4.78 is 9.67. The van der Waals surface area contributed by atoms with E-state index >= 15 is 0 Å². The average molecular weight is 538 g/mol. The summed E-state index contributed by atoms with van der Waals surface area (Å²) in [6, 6.07) is 0.112. The predicted octanol–water partition coefficient (Wildman–Crippen LogP) is 3.43. The van der Waals surface area contributed by atoms with E-state index in [2.05, 4.69) is 11.9 Å². The van der Waals surface area contributed by atoms with E-state index in [0.717, 1.165) is 13.0 Å². The summed E-state index contributed by atoms with van der Waals surface area (Å²) in [5, 5.41) is 8.04. The molecular weight excluding hydrogens is 483 g/mol. The molecule has 0 spiro atoms. The Morgan fingerprint density at radius 2 is 1.21 bits per heavy atom. The third-order valence-electron chi connectivity index (χ3n) is 5.58. The Balaban J connectivity index is 0. The highest BCUT2D eigenvalue weighted by Crippen LogP contribution is 2.13. The molecule has 0 rings (SSSR count). The summed E-state index contributed by atoms with van der Waals surface area (Å²) in [7, 11) is 4.34. The van der Waals surface area contributed by atoms with Crippen LogP contribution in [0.1, 0.15) is 110 Å². The molecule has 0 saturated carbocycles. The molecule has 0 bridgehead atoms. The van der Waals surface area contributed by atoms with Crippen molar-refractivity contribution in [1.29, 1.82) is 0 Å². The molecule has 0 heterocycles. The van der Waals surface area contributed by atoms with Gasteiger partial charge in [0.15, 0.2) is 0 Å². The normalized spacial score (nSPS) is 11.2. The van der Waals surface area contributed by atoms with Crippen molar-refractivity contribution < 1.29 is 22.9 Å². The van der Waals surface area contributed by atoms with Crippen LogP contribution in [0.4, 0.5) is 9.59 Å². The fourth-order valence-electron chi connectivity index (χ4n) is 3.57. The van der Waals surface area contributed by atoms with Gasteiger partial charge in [0.05, 0.1) is 0 Å². The number of carbonyl (C=O) groups is 2. The maximum absolute atomic E-state index is 11.7. The molecule has 0 aromatic heterocycles. The maximum Gasteiger partial charge on any atom is 0.397 e. The highest BCUT2D eigenvalue weighted by molar-refractivity contribution is 6.41. The van der Waals surface area contributed by atoms with Crippen molar-refractivity contribution in [2.24, 2.45) is 0 Å². The highest BCUT2D eigenvalue weighted by atomic mass is 28.3. The number of urea groups is 1. The van der Waals surface area contributed by atoms with Crippen LogP contribution in [0, 0.1) is 0 Å². The van der Waals surface area contributed by atoms with Crippen LogP contribution < -0.4 is 4.98 Å². The van der Waals surface area contributed by atoms with E-state index in [1.807, 2.05) is 26.0 Å². The minimum absolute atomic E-state index is 0.112. The molecule has 0 aromatic rings. The smallest absolute Gasteiger partial charge is 0.397 e. The number of amides is 3. The number of hydrogen-bond acceptors (Lipinski definition) is 4. The Bertz CT molecular complexity index is 464. The van der Waals surface area contributed by atoms with Gasteiger partial charge in [-0.1, -0.05) is 103 Å². The van der Waals surface area contributed by atoms with Crippen molar-refractivity contribution >= 4 is 42.5 Å². The van der Waals surface area contributed by atoms with Gasteiger partial charge in [-0.3, -0.25) is 0 Å². The summed E-state index contributed by atoms with van der Waals surface area (Å²) in [5.74, 6) is 0. The molecule has 0 atom stereocenters. The predicted molar refractivity (Wildman–Crippen MR) is 152 cm³/mol. The van der Waals surface area contributed by atoms with Gasteiger partial charge in [0, 0.05) is 27.7 Å². The minimum Gasteiger partial charge on any atom is -0.466 e. The number of carbonyl (C=O) groups excluding carboxylic acids is 1. The van der Waals surface area contributed by atoms with E-state index in [4.69, 9.17) is 13.3 Å². The Labute approximate surface area is 217 Å². The molecule has 2 N–H and O–H groups in total. The first-order chi connectivity index (χ1) is 16.4. The Kier molecular flexibility index (Phi) is 29.4. The molecule has 0 aliphatic heterocycles. The Morgan fingerprint density at radius 3 is 1.56 bits per heavy atom. The van der Waals surface area contributed by atoms with Gasteiger partial charge < -0.3 is 28.1 Å². The van der Waals surface area contributed by atoms with E-state index < -0.39 is 26.0 Å². The van der Waals surface area contributed by atoms with Gasteiger partial charge in [-0.2, -0.15) is 0 Å². The van der Waals surface area contributed by atoms with Gasteiger partial charge in [0.1, 0.15) is 10.5 Å². The van der Waals surface area contributed by atoms with Crippen LogP contribution in [0.2, 0.25) is 0 Å². The molecule has 0 aliphatic rings. The van der Waals surface area contributed by atoms with Crippen molar-refractivity contribution in [3.8, 4) is 0 Å².